The second-order valence-electron chi connectivity index (χ2n) is 5.90. The minimum absolute atomic E-state index is 0.0611. The van der Waals surface area contributed by atoms with E-state index in [0.29, 0.717) is 24.1 Å². The van der Waals surface area contributed by atoms with Gasteiger partial charge >= 0.3 is 6.18 Å². The predicted octanol–water partition coefficient (Wildman–Crippen LogP) is 3.77. The fourth-order valence-electron chi connectivity index (χ4n) is 2.91. The summed E-state index contributed by atoms with van der Waals surface area (Å²) in [4.78, 5) is 0.117. The van der Waals surface area contributed by atoms with Crippen molar-refractivity contribution >= 4 is 21.8 Å². The Morgan fingerprint density at radius 3 is 2.33 bits per heavy atom. The monoisotopic (exact) mass is 362 g/mol. The highest BCUT2D eigenvalue weighted by Gasteiger charge is 2.41. The van der Waals surface area contributed by atoms with E-state index in [1.54, 1.807) is 6.07 Å². The first-order valence-electron chi connectivity index (χ1n) is 7.70. The highest BCUT2D eigenvalue weighted by molar-refractivity contribution is 7.89. The van der Waals surface area contributed by atoms with E-state index in [2.05, 4.69) is 16.6 Å². The van der Waals surface area contributed by atoms with E-state index in [1.165, 1.54) is 25.3 Å². The Hall–Kier alpha value is -1.54. The summed E-state index contributed by atoms with van der Waals surface area (Å²) in [5.41, 5.74) is 1.28. The van der Waals surface area contributed by atoms with Gasteiger partial charge in [0.1, 0.15) is 0 Å². The van der Waals surface area contributed by atoms with Crippen LogP contribution in [-0.4, -0.2) is 27.7 Å². The quantitative estimate of drug-likeness (QED) is 0.838. The zero-order valence-corrected chi connectivity index (χ0v) is 14.2. The fraction of sp³-hybridized carbons (Fsp3) is 0.500. The molecule has 8 heteroatoms. The zero-order valence-electron chi connectivity index (χ0n) is 13.4. The van der Waals surface area contributed by atoms with E-state index in [0.717, 1.165) is 0 Å². The van der Waals surface area contributed by atoms with E-state index in [4.69, 9.17) is 0 Å². The van der Waals surface area contributed by atoms with Crippen LogP contribution in [0.1, 0.15) is 31.2 Å². The molecule has 2 N–H and O–H groups in total. The molecule has 0 aliphatic heterocycles. The van der Waals surface area contributed by atoms with Crippen molar-refractivity contribution in [2.75, 3.05) is 12.4 Å². The number of hydrogen-bond donors (Lipinski definition) is 2. The second-order valence-corrected chi connectivity index (χ2v) is 7.78. The molecular weight excluding hydrogens is 341 g/mol. The summed E-state index contributed by atoms with van der Waals surface area (Å²) in [6.45, 7) is 3.67. The van der Waals surface area contributed by atoms with E-state index in [1.807, 2.05) is 0 Å². The van der Waals surface area contributed by atoms with Crippen molar-refractivity contribution in [2.24, 2.45) is 5.92 Å². The van der Waals surface area contributed by atoms with Crippen molar-refractivity contribution in [3.05, 3.63) is 30.3 Å². The molecule has 0 spiro atoms. The van der Waals surface area contributed by atoms with Crippen molar-refractivity contribution in [1.82, 2.24) is 4.72 Å². The first-order chi connectivity index (χ1) is 11.2. The molecule has 0 aromatic heterocycles. The van der Waals surface area contributed by atoms with Gasteiger partial charge < -0.3 is 5.32 Å². The Bertz CT molecular complexity index is 694. The number of rotatable bonds is 5. The van der Waals surface area contributed by atoms with Gasteiger partial charge in [-0.1, -0.05) is 12.7 Å². The molecule has 4 nitrogen and oxygen atoms in total. The van der Waals surface area contributed by atoms with Crippen LogP contribution in [0.3, 0.4) is 0 Å². The minimum atomic E-state index is -4.12. The van der Waals surface area contributed by atoms with Gasteiger partial charge in [0, 0.05) is 11.7 Å². The van der Waals surface area contributed by atoms with Gasteiger partial charge in [0.15, 0.2) is 0 Å². The zero-order chi connectivity index (χ0) is 18.0. The normalized spacial score (nSPS) is 22.2. The maximum atomic E-state index is 12.7. The Kier molecular flexibility index (Phi) is 5.59. The van der Waals surface area contributed by atoms with Crippen molar-refractivity contribution in [3.8, 4) is 0 Å². The smallest absolute Gasteiger partial charge is 0.382 e. The molecule has 1 saturated carbocycles. The number of hydrogen-bond acceptors (Lipinski definition) is 3. The second kappa shape index (κ2) is 7.14. The Labute approximate surface area is 140 Å². The SMILES string of the molecule is C=Cc1cc(S(=O)(=O)NC)ccc1NC1CCC(C(F)(F)F)CC1. The summed E-state index contributed by atoms with van der Waals surface area (Å²) < 4.78 is 64.0. The number of nitrogens with one attached hydrogen (secondary N) is 2. The molecule has 1 aromatic carbocycles. The first kappa shape index (κ1) is 18.8. The Morgan fingerprint density at radius 2 is 1.83 bits per heavy atom. The molecule has 24 heavy (non-hydrogen) atoms. The fourth-order valence-corrected chi connectivity index (χ4v) is 3.68. The summed E-state index contributed by atoms with van der Waals surface area (Å²) in [5, 5.41) is 3.22. The van der Waals surface area contributed by atoms with Crippen LogP contribution in [0.2, 0.25) is 0 Å². The van der Waals surface area contributed by atoms with Crippen molar-refractivity contribution in [2.45, 2.75) is 42.8 Å². The van der Waals surface area contributed by atoms with Gasteiger partial charge in [-0.05, 0) is 56.5 Å². The number of halogens is 3. The third-order valence-electron chi connectivity index (χ3n) is 4.37. The van der Waals surface area contributed by atoms with Gasteiger partial charge in [-0.3, -0.25) is 0 Å². The molecule has 0 radical (unpaired) electrons. The number of sulfonamides is 1. The average molecular weight is 362 g/mol. The molecule has 134 valence electrons. The van der Waals surface area contributed by atoms with E-state index >= 15 is 0 Å². The first-order valence-corrected chi connectivity index (χ1v) is 9.19. The topological polar surface area (TPSA) is 58.2 Å². The molecule has 1 aliphatic rings. The van der Waals surface area contributed by atoms with Crippen LogP contribution >= 0.6 is 0 Å². The van der Waals surface area contributed by atoms with Crippen LogP contribution < -0.4 is 10.0 Å². The number of anilines is 1. The third kappa shape index (κ3) is 4.30. The van der Waals surface area contributed by atoms with Crippen LogP contribution in [0, 0.1) is 5.92 Å². The maximum Gasteiger partial charge on any atom is 0.391 e. The van der Waals surface area contributed by atoms with Crippen LogP contribution in [0.15, 0.2) is 29.7 Å². The van der Waals surface area contributed by atoms with Crippen LogP contribution in [0.5, 0.6) is 0 Å². The lowest BCUT2D eigenvalue weighted by molar-refractivity contribution is -0.182. The summed E-state index contributed by atoms with van der Waals surface area (Å²) >= 11 is 0. The van der Waals surface area contributed by atoms with Gasteiger partial charge in [-0.25, -0.2) is 13.1 Å². The van der Waals surface area contributed by atoms with E-state index in [-0.39, 0.29) is 23.8 Å². The summed E-state index contributed by atoms with van der Waals surface area (Å²) in [6.07, 6.45) is -1.53. The molecule has 0 heterocycles. The lowest BCUT2D eigenvalue weighted by Gasteiger charge is -2.31. The molecule has 0 saturated heterocycles. The molecule has 0 unspecified atom stereocenters. The van der Waals surface area contributed by atoms with E-state index in [9.17, 15) is 21.6 Å². The van der Waals surface area contributed by atoms with Gasteiger partial charge in [0.25, 0.3) is 0 Å². The van der Waals surface area contributed by atoms with Crippen LogP contribution in [-0.2, 0) is 10.0 Å². The molecule has 0 bridgehead atoms. The minimum Gasteiger partial charge on any atom is -0.382 e. The van der Waals surface area contributed by atoms with Gasteiger partial charge in [0.05, 0.1) is 10.8 Å². The lowest BCUT2D eigenvalue weighted by Crippen LogP contribution is -2.33. The number of benzene rings is 1. The van der Waals surface area contributed by atoms with E-state index < -0.39 is 22.1 Å². The van der Waals surface area contributed by atoms with Gasteiger partial charge in [0.2, 0.25) is 10.0 Å². The highest BCUT2D eigenvalue weighted by atomic mass is 32.2. The van der Waals surface area contributed by atoms with Crippen molar-refractivity contribution in [3.63, 3.8) is 0 Å². The Morgan fingerprint density at radius 1 is 1.21 bits per heavy atom. The predicted molar refractivity (Wildman–Crippen MR) is 88.2 cm³/mol. The standard InChI is InChI=1S/C16H21F3N2O2S/c1-3-11-10-14(24(22,23)20-2)8-9-15(11)21-13-6-4-12(5-7-13)16(17,18)19/h3,8-10,12-13,20-21H,1,4-7H2,2H3. The molecule has 0 amide bonds. The molecule has 1 fully saturated rings. The van der Waals surface area contributed by atoms with Crippen molar-refractivity contribution in [1.29, 1.82) is 0 Å². The third-order valence-corrected chi connectivity index (χ3v) is 5.78. The molecular formula is C16H21F3N2O2S. The maximum absolute atomic E-state index is 12.7. The lowest BCUT2D eigenvalue weighted by atomic mass is 9.85. The summed E-state index contributed by atoms with van der Waals surface area (Å²) in [7, 11) is -2.23. The van der Waals surface area contributed by atoms with Crippen molar-refractivity contribution < 1.29 is 21.6 Å². The van der Waals surface area contributed by atoms with Crippen LogP contribution in [0.25, 0.3) is 6.08 Å². The largest absolute Gasteiger partial charge is 0.391 e. The molecule has 2 rings (SSSR count). The molecule has 1 aromatic rings. The highest BCUT2D eigenvalue weighted by Crippen LogP contribution is 2.38. The Balaban J connectivity index is 2.10. The van der Waals surface area contributed by atoms with Crippen LogP contribution in [0.4, 0.5) is 18.9 Å². The average Bonchev–Trinajstić information content (AvgIpc) is 2.54. The molecule has 0 atom stereocenters. The summed E-state index contributed by atoms with van der Waals surface area (Å²) in [5.74, 6) is -1.22. The number of alkyl halides is 3. The van der Waals surface area contributed by atoms with Gasteiger partial charge in [-0.15, -0.1) is 0 Å². The van der Waals surface area contributed by atoms with Gasteiger partial charge in [-0.2, -0.15) is 13.2 Å². The molecule has 1 aliphatic carbocycles. The summed E-state index contributed by atoms with van der Waals surface area (Å²) in [6, 6.07) is 4.51.